The van der Waals surface area contributed by atoms with Gasteiger partial charge in [-0.3, -0.25) is 9.69 Å². The number of benzene rings is 1. The summed E-state index contributed by atoms with van der Waals surface area (Å²) < 4.78 is 5.80. The lowest BCUT2D eigenvalue weighted by Gasteiger charge is -2.34. The largest absolute Gasteiger partial charge is 0.396 e. The quantitative estimate of drug-likeness (QED) is 0.786. The van der Waals surface area contributed by atoms with Crippen molar-refractivity contribution in [1.82, 2.24) is 15.2 Å². The molecule has 3 heterocycles. The van der Waals surface area contributed by atoms with Crippen LogP contribution in [0.3, 0.4) is 0 Å². The van der Waals surface area contributed by atoms with E-state index in [0.717, 1.165) is 30.4 Å². The maximum atomic E-state index is 12.7. The molecule has 1 amide bonds. The Morgan fingerprint density at radius 3 is 3.17 bits per heavy atom. The van der Waals surface area contributed by atoms with E-state index in [-0.39, 0.29) is 24.7 Å². The van der Waals surface area contributed by atoms with Crippen LogP contribution in [-0.2, 0) is 4.74 Å². The van der Waals surface area contributed by atoms with E-state index in [1.807, 2.05) is 30.5 Å². The van der Waals surface area contributed by atoms with Gasteiger partial charge < -0.3 is 20.1 Å². The first-order valence-electron chi connectivity index (χ1n) is 8.58. The summed E-state index contributed by atoms with van der Waals surface area (Å²) in [6, 6.07) is 8.20. The number of morpholine rings is 1. The predicted octanol–water partition coefficient (Wildman–Crippen LogP) is 1.12. The highest BCUT2D eigenvalue weighted by Crippen LogP contribution is 2.25. The molecule has 2 saturated heterocycles. The SMILES string of the molecule is O=C(N[C@@H]1C[C@H]2CO[C@@H](CCO)CN2C1)c1cccc2[nH]ccc12. The number of H-pyrrole nitrogens is 1. The molecule has 6 heteroatoms. The third-order valence-electron chi connectivity index (χ3n) is 5.12. The minimum Gasteiger partial charge on any atom is -0.396 e. The van der Waals surface area contributed by atoms with Crippen LogP contribution in [0.1, 0.15) is 23.2 Å². The van der Waals surface area contributed by atoms with Gasteiger partial charge in [0.2, 0.25) is 0 Å². The molecule has 0 bridgehead atoms. The summed E-state index contributed by atoms with van der Waals surface area (Å²) in [6.45, 7) is 2.53. The number of hydrogen-bond donors (Lipinski definition) is 3. The van der Waals surface area contributed by atoms with Gasteiger partial charge >= 0.3 is 0 Å². The Balaban J connectivity index is 1.41. The molecule has 128 valence electrons. The number of ether oxygens (including phenoxy) is 1. The first-order valence-corrected chi connectivity index (χ1v) is 8.58. The standard InChI is InChI=1S/C18H23N3O3/c22-7-5-14-10-21-9-12(8-13(21)11-24-14)20-18(23)16-2-1-3-17-15(16)4-6-19-17/h1-4,6,12-14,19,22H,5,7-11H2,(H,20,23)/t12-,13+,14+/m1/s1. The molecular formula is C18H23N3O3. The van der Waals surface area contributed by atoms with Crippen LogP contribution in [0.5, 0.6) is 0 Å². The van der Waals surface area contributed by atoms with Crippen molar-refractivity contribution in [3.8, 4) is 0 Å². The first-order chi connectivity index (χ1) is 11.7. The second-order valence-corrected chi connectivity index (χ2v) is 6.73. The number of aromatic nitrogens is 1. The number of fused-ring (bicyclic) bond motifs is 2. The van der Waals surface area contributed by atoms with Gasteiger partial charge in [-0.2, -0.15) is 0 Å². The number of nitrogens with one attached hydrogen (secondary N) is 2. The molecule has 0 aliphatic carbocycles. The van der Waals surface area contributed by atoms with Crippen molar-refractivity contribution in [3.63, 3.8) is 0 Å². The minimum absolute atomic E-state index is 0.0159. The predicted molar refractivity (Wildman–Crippen MR) is 91.0 cm³/mol. The van der Waals surface area contributed by atoms with Crippen molar-refractivity contribution >= 4 is 16.8 Å². The minimum atomic E-state index is -0.0159. The van der Waals surface area contributed by atoms with E-state index in [0.29, 0.717) is 24.6 Å². The third-order valence-corrected chi connectivity index (χ3v) is 5.12. The molecule has 0 saturated carbocycles. The fourth-order valence-electron chi connectivity index (χ4n) is 3.91. The Morgan fingerprint density at radius 2 is 2.29 bits per heavy atom. The Bertz CT molecular complexity index is 729. The van der Waals surface area contributed by atoms with Crippen LogP contribution in [0.4, 0.5) is 0 Å². The van der Waals surface area contributed by atoms with E-state index < -0.39 is 0 Å². The Morgan fingerprint density at radius 1 is 1.38 bits per heavy atom. The molecule has 3 N–H and O–H groups in total. The molecule has 4 rings (SSSR count). The van der Waals surface area contributed by atoms with Crippen LogP contribution in [0.2, 0.25) is 0 Å². The highest BCUT2D eigenvalue weighted by atomic mass is 16.5. The molecule has 2 fully saturated rings. The maximum absolute atomic E-state index is 12.7. The smallest absolute Gasteiger partial charge is 0.252 e. The van der Waals surface area contributed by atoms with Gasteiger partial charge in [0.05, 0.1) is 12.7 Å². The topological polar surface area (TPSA) is 77.6 Å². The summed E-state index contributed by atoms with van der Waals surface area (Å²) in [7, 11) is 0. The van der Waals surface area contributed by atoms with E-state index in [9.17, 15) is 4.79 Å². The van der Waals surface area contributed by atoms with Gasteiger partial charge in [0, 0.05) is 54.4 Å². The molecule has 2 aliphatic heterocycles. The van der Waals surface area contributed by atoms with E-state index >= 15 is 0 Å². The second-order valence-electron chi connectivity index (χ2n) is 6.73. The van der Waals surface area contributed by atoms with Crippen molar-refractivity contribution in [2.45, 2.75) is 31.0 Å². The third kappa shape index (κ3) is 2.92. The fourth-order valence-corrected chi connectivity index (χ4v) is 3.91. The summed E-state index contributed by atoms with van der Waals surface area (Å²) in [5.74, 6) is -0.0159. The Hall–Kier alpha value is -1.89. The first kappa shape index (κ1) is 15.6. The van der Waals surface area contributed by atoms with Gasteiger partial charge in [-0.1, -0.05) is 6.07 Å². The fraction of sp³-hybridized carbons (Fsp3) is 0.500. The van der Waals surface area contributed by atoms with Gasteiger partial charge in [0.15, 0.2) is 0 Å². The molecule has 2 aromatic rings. The summed E-state index contributed by atoms with van der Waals surface area (Å²) in [5.41, 5.74) is 1.69. The highest BCUT2D eigenvalue weighted by Gasteiger charge is 2.37. The van der Waals surface area contributed by atoms with E-state index in [4.69, 9.17) is 9.84 Å². The molecule has 0 spiro atoms. The number of amides is 1. The lowest BCUT2D eigenvalue weighted by atomic mass is 10.1. The lowest BCUT2D eigenvalue weighted by molar-refractivity contribution is -0.0566. The van der Waals surface area contributed by atoms with Crippen LogP contribution >= 0.6 is 0 Å². The summed E-state index contributed by atoms with van der Waals surface area (Å²) in [6.07, 6.45) is 3.56. The number of carbonyl (C=O) groups is 1. The number of aliphatic hydroxyl groups excluding tert-OH is 1. The monoisotopic (exact) mass is 329 g/mol. The van der Waals surface area contributed by atoms with E-state index in [2.05, 4.69) is 15.2 Å². The van der Waals surface area contributed by atoms with Gasteiger partial charge in [-0.05, 0) is 31.0 Å². The average Bonchev–Trinajstić information content (AvgIpc) is 3.20. The van der Waals surface area contributed by atoms with Crippen LogP contribution in [-0.4, -0.2) is 65.4 Å². The van der Waals surface area contributed by atoms with Crippen molar-refractivity contribution in [3.05, 3.63) is 36.0 Å². The van der Waals surface area contributed by atoms with Crippen LogP contribution in [0.25, 0.3) is 10.9 Å². The number of carbonyl (C=O) groups excluding carboxylic acids is 1. The Labute approximate surface area is 140 Å². The zero-order valence-corrected chi connectivity index (χ0v) is 13.6. The van der Waals surface area contributed by atoms with Gasteiger partial charge in [-0.25, -0.2) is 0 Å². The van der Waals surface area contributed by atoms with Crippen molar-refractivity contribution in [1.29, 1.82) is 0 Å². The van der Waals surface area contributed by atoms with Crippen molar-refractivity contribution in [2.75, 3.05) is 26.3 Å². The second kappa shape index (κ2) is 6.55. The molecule has 1 aromatic carbocycles. The maximum Gasteiger partial charge on any atom is 0.252 e. The van der Waals surface area contributed by atoms with E-state index in [1.54, 1.807) is 0 Å². The van der Waals surface area contributed by atoms with Crippen molar-refractivity contribution in [2.24, 2.45) is 0 Å². The molecular weight excluding hydrogens is 306 g/mol. The molecule has 24 heavy (non-hydrogen) atoms. The summed E-state index contributed by atoms with van der Waals surface area (Å²) in [5, 5.41) is 13.2. The molecule has 0 radical (unpaired) electrons. The lowest BCUT2D eigenvalue weighted by Crippen LogP contribution is -2.46. The Kier molecular flexibility index (Phi) is 4.26. The molecule has 6 nitrogen and oxygen atoms in total. The van der Waals surface area contributed by atoms with Crippen molar-refractivity contribution < 1.29 is 14.6 Å². The van der Waals surface area contributed by atoms with Crippen LogP contribution in [0.15, 0.2) is 30.5 Å². The zero-order valence-electron chi connectivity index (χ0n) is 13.6. The normalized spacial score (nSPS) is 27.3. The number of hydrogen-bond acceptors (Lipinski definition) is 4. The average molecular weight is 329 g/mol. The molecule has 2 aliphatic rings. The number of rotatable bonds is 4. The number of aromatic amines is 1. The zero-order chi connectivity index (χ0) is 16.5. The van der Waals surface area contributed by atoms with Gasteiger partial charge in [-0.15, -0.1) is 0 Å². The summed E-state index contributed by atoms with van der Waals surface area (Å²) in [4.78, 5) is 18.2. The molecule has 1 aromatic heterocycles. The van der Waals surface area contributed by atoms with Crippen LogP contribution < -0.4 is 5.32 Å². The number of aliphatic hydroxyl groups is 1. The molecule has 0 unspecified atom stereocenters. The van der Waals surface area contributed by atoms with Gasteiger partial charge in [0.1, 0.15) is 0 Å². The van der Waals surface area contributed by atoms with Crippen LogP contribution in [0, 0.1) is 0 Å². The molecule has 3 atom stereocenters. The highest BCUT2D eigenvalue weighted by molar-refractivity contribution is 6.06. The summed E-state index contributed by atoms with van der Waals surface area (Å²) >= 11 is 0. The van der Waals surface area contributed by atoms with Gasteiger partial charge in [0.25, 0.3) is 5.91 Å². The van der Waals surface area contributed by atoms with E-state index in [1.165, 1.54) is 0 Å². The number of nitrogens with zero attached hydrogens (tertiary/aromatic N) is 1.